The number of rotatable bonds is 8. The van der Waals surface area contributed by atoms with Crippen LogP contribution in [0.5, 0.6) is 5.75 Å². The molecular weight excluding hydrogens is 692 g/mol. The maximum absolute atomic E-state index is 13.7. The van der Waals surface area contributed by atoms with Crippen LogP contribution in [0, 0.1) is 31.0 Å². The molecule has 52 heavy (non-hydrogen) atoms. The second-order valence-corrected chi connectivity index (χ2v) is 13.0. The van der Waals surface area contributed by atoms with Crippen molar-refractivity contribution in [2.75, 3.05) is 12.1 Å². The average molecular weight is 753 g/mol. The van der Waals surface area contributed by atoms with Crippen molar-refractivity contribution in [3.05, 3.63) is 118 Å². The molecule has 12 heteroatoms. The van der Waals surface area contributed by atoms with E-state index in [4.69, 9.17) is 27.5 Å². The normalized spacial score (nSPS) is 10.2. The molecular formula is C40H61FN8OS2. The molecule has 0 saturated heterocycles. The molecule has 3 aromatic carbocycles. The zero-order valence-electron chi connectivity index (χ0n) is 33.0. The van der Waals surface area contributed by atoms with Crippen LogP contribution < -0.4 is 32.7 Å². The van der Waals surface area contributed by atoms with Gasteiger partial charge in [-0.1, -0.05) is 126 Å². The van der Waals surface area contributed by atoms with E-state index in [9.17, 15) is 4.39 Å². The third-order valence-electron chi connectivity index (χ3n) is 5.79. The first-order valence-electron chi connectivity index (χ1n) is 17.2. The largest absolute Gasteiger partial charge is 0.494 e. The molecule has 0 fully saturated rings. The van der Waals surface area contributed by atoms with Crippen molar-refractivity contribution in [2.45, 2.75) is 93.6 Å². The Kier molecular flexibility index (Phi) is 29.1. The number of amidine groups is 2. The third-order valence-corrected chi connectivity index (χ3v) is 7.79. The van der Waals surface area contributed by atoms with E-state index >= 15 is 0 Å². The Morgan fingerprint density at radius 1 is 0.962 bits per heavy atom. The van der Waals surface area contributed by atoms with Crippen LogP contribution in [0.15, 0.2) is 94.7 Å². The number of nitriles is 1. The lowest BCUT2D eigenvalue weighted by Crippen LogP contribution is -2.37. The average Bonchev–Trinajstić information content (AvgIpc) is 3.12. The summed E-state index contributed by atoms with van der Waals surface area (Å²) in [6.45, 7) is 24.3. The summed E-state index contributed by atoms with van der Waals surface area (Å²) in [5.74, 6) is 18.1. The number of hydrazone groups is 1. The van der Waals surface area contributed by atoms with Crippen LogP contribution in [-0.2, 0) is 11.5 Å². The summed E-state index contributed by atoms with van der Waals surface area (Å²) in [5.41, 5.74) is 9.89. The topological polar surface area (TPSA) is 151 Å². The summed E-state index contributed by atoms with van der Waals surface area (Å²) in [6, 6.07) is 20.3. The number of anilines is 1. The number of hydrazine groups is 2. The first-order valence-corrected chi connectivity index (χ1v) is 19.2. The molecule has 0 aliphatic rings. The molecule has 7 N–H and O–H groups in total. The Balaban J connectivity index is 0. The molecule has 3 aromatic rings. The Morgan fingerprint density at radius 2 is 1.52 bits per heavy atom. The van der Waals surface area contributed by atoms with Gasteiger partial charge < -0.3 is 16.0 Å². The molecule has 3 rings (SSSR count). The van der Waals surface area contributed by atoms with Gasteiger partial charge in [-0.2, -0.15) is 10.4 Å². The van der Waals surface area contributed by atoms with Gasteiger partial charge in [0.15, 0.2) is 16.7 Å². The lowest BCUT2D eigenvalue weighted by molar-refractivity contribution is 0.386. The van der Waals surface area contributed by atoms with Crippen LogP contribution in [0.4, 0.5) is 10.1 Å². The van der Waals surface area contributed by atoms with Gasteiger partial charge in [0.1, 0.15) is 0 Å². The molecule has 0 unspecified atom stereocenters. The van der Waals surface area contributed by atoms with Crippen molar-refractivity contribution in [1.82, 2.24) is 5.43 Å². The number of allylic oxidation sites excluding steroid dienone is 2. The molecule has 0 bridgehead atoms. The van der Waals surface area contributed by atoms with Gasteiger partial charge in [-0.3, -0.25) is 5.01 Å². The summed E-state index contributed by atoms with van der Waals surface area (Å²) in [7, 11) is 1.43. The van der Waals surface area contributed by atoms with Crippen molar-refractivity contribution in [2.24, 2.45) is 27.6 Å². The number of methoxy groups -OCH3 is 1. The number of hydrogen-bond donors (Lipinski definition) is 4. The van der Waals surface area contributed by atoms with E-state index in [0.29, 0.717) is 27.3 Å². The Morgan fingerprint density at radius 3 is 1.98 bits per heavy atom. The van der Waals surface area contributed by atoms with Crippen LogP contribution in [0.25, 0.3) is 0 Å². The smallest absolute Gasteiger partial charge is 0.201 e. The first kappa shape index (κ1) is 49.8. The SMILES string of the molecule is C=C(C=C(C)C)N=C(NN)SCc1ccc(C#N)cc1.CC.CCC.CCC.COc1ccc(CS/C(=N/N)N(N)c2ccc(C)cc2C)cc1F. The van der Waals surface area contributed by atoms with Gasteiger partial charge in [-0.25, -0.2) is 21.1 Å². The van der Waals surface area contributed by atoms with Gasteiger partial charge in [-0.05, 0) is 80.8 Å². The van der Waals surface area contributed by atoms with E-state index in [1.54, 1.807) is 24.3 Å². The summed E-state index contributed by atoms with van der Waals surface area (Å²) in [4.78, 5) is 4.30. The fraction of sp³-hybridized carbons (Fsp3) is 0.375. The molecule has 0 spiro atoms. The molecule has 0 aromatic heterocycles. The van der Waals surface area contributed by atoms with Crippen LogP contribution in [0.1, 0.15) is 96.0 Å². The van der Waals surface area contributed by atoms with Crippen molar-refractivity contribution < 1.29 is 9.13 Å². The Bertz CT molecular complexity index is 1580. The molecule has 0 aliphatic heterocycles. The summed E-state index contributed by atoms with van der Waals surface area (Å²) in [6.07, 6.45) is 4.39. The van der Waals surface area contributed by atoms with Gasteiger partial charge in [0.25, 0.3) is 0 Å². The fourth-order valence-electron chi connectivity index (χ4n) is 3.72. The highest BCUT2D eigenvalue weighted by atomic mass is 32.2. The van der Waals surface area contributed by atoms with Gasteiger partial charge in [0.05, 0.1) is 30.1 Å². The maximum Gasteiger partial charge on any atom is 0.201 e. The van der Waals surface area contributed by atoms with Gasteiger partial charge >= 0.3 is 0 Å². The van der Waals surface area contributed by atoms with Crippen LogP contribution in [0.2, 0.25) is 0 Å². The quantitative estimate of drug-likeness (QED) is 0.0579. The van der Waals surface area contributed by atoms with Gasteiger partial charge in [-0.15, -0.1) is 0 Å². The standard InChI is InChI=1S/C17H21FN4OS.C15H18N4S.2C3H8.C2H6/c1-11-4-6-15(12(2)8-11)22(20)17(21-19)24-10-13-5-7-16(23-3)14(18)9-13;1-11(2)8-12(3)18-15(19-17)20-10-14-6-4-13(9-16)5-7-14;2*1-3-2;1-2/h4-9H,10,19-20H2,1-3H3;4-8H,3,10,17H2,1-2H3,(H,18,19);2*3H2,1-2H3;1-2H3/b21-17+;;;;. The second kappa shape index (κ2) is 30.4. The second-order valence-electron chi connectivity index (χ2n) is 11.1. The summed E-state index contributed by atoms with van der Waals surface area (Å²) in [5, 5.41) is 15.0. The molecule has 0 amide bonds. The summed E-state index contributed by atoms with van der Waals surface area (Å²) >= 11 is 2.82. The van der Waals surface area contributed by atoms with E-state index < -0.39 is 5.82 Å². The highest BCUT2D eigenvalue weighted by molar-refractivity contribution is 8.13. The molecule has 0 saturated carbocycles. The summed E-state index contributed by atoms with van der Waals surface area (Å²) < 4.78 is 18.7. The number of aliphatic imine (C=N–C) groups is 1. The number of nitrogens with two attached hydrogens (primary N) is 3. The highest BCUT2D eigenvalue weighted by Crippen LogP contribution is 2.25. The number of benzene rings is 3. The van der Waals surface area contributed by atoms with Gasteiger partial charge in [0, 0.05) is 11.5 Å². The number of nitrogens with one attached hydrogen (secondary N) is 1. The Hall–Kier alpha value is -4.28. The van der Waals surface area contributed by atoms with Crippen molar-refractivity contribution >= 4 is 39.5 Å². The number of hydrogen-bond acceptors (Lipinski definition) is 9. The van der Waals surface area contributed by atoms with Crippen LogP contribution in [0.3, 0.4) is 0 Å². The minimum atomic E-state index is -0.402. The molecule has 0 aliphatic carbocycles. The lowest BCUT2D eigenvalue weighted by atomic mass is 10.1. The van der Waals surface area contributed by atoms with Crippen LogP contribution in [-0.4, -0.2) is 17.4 Å². The minimum Gasteiger partial charge on any atom is -0.494 e. The molecule has 0 atom stereocenters. The predicted octanol–water partition coefficient (Wildman–Crippen LogP) is 10.2. The minimum absolute atomic E-state index is 0.215. The van der Waals surface area contributed by atoms with E-state index in [-0.39, 0.29) is 5.75 Å². The third kappa shape index (κ3) is 21.2. The monoisotopic (exact) mass is 752 g/mol. The van der Waals surface area contributed by atoms with E-state index in [0.717, 1.165) is 39.3 Å². The first-order chi connectivity index (χ1) is 24.8. The predicted molar refractivity (Wildman–Crippen MR) is 228 cm³/mol. The molecule has 286 valence electrons. The van der Waals surface area contributed by atoms with Crippen LogP contribution >= 0.6 is 23.5 Å². The van der Waals surface area contributed by atoms with Crippen molar-refractivity contribution in [3.8, 4) is 11.8 Å². The number of nitrogens with zero attached hydrogens (tertiary/aromatic N) is 4. The zero-order chi connectivity index (χ0) is 40.1. The van der Waals surface area contributed by atoms with E-state index in [1.807, 2.05) is 78.0 Å². The Labute approximate surface area is 321 Å². The van der Waals surface area contributed by atoms with E-state index in [1.165, 1.54) is 54.6 Å². The number of aryl methyl sites for hydroxylation is 2. The van der Waals surface area contributed by atoms with Crippen molar-refractivity contribution in [1.29, 1.82) is 5.26 Å². The molecule has 9 nitrogen and oxygen atoms in total. The fourth-order valence-corrected chi connectivity index (χ4v) is 5.27. The zero-order valence-corrected chi connectivity index (χ0v) is 34.6. The highest BCUT2D eigenvalue weighted by Gasteiger charge is 2.14. The maximum atomic E-state index is 13.7. The number of thioether (sulfide) groups is 2. The van der Waals surface area contributed by atoms with Crippen molar-refractivity contribution in [3.63, 3.8) is 0 Å². The van der Waals surface area contributed by atoms with Gasteiger partial charge in [0.2, 0.25) is 5.17 Å². The number of halogens is 1. The van der Waals surface area contributed by atoms with E-state index in [2.05, 4.69) is 55.9 Å². The molecule has 0 heterocycles. The molecule has 0 radical (unpaired) electrons. The number of ether oxygens (including phenoxy) is 1. The lowest BCUT2D eigenvalue weighted by Gasteiger charge is -2.21.